The second-order valence-electron chi connectivity index (χ2n) is 11.0. The lowest BCUT2D eigenvalue weighted by Crippen LogP contribution is -2.01. The number of aliphatic imine (C=N–C) groups is 2. The van der Waals surface area contributed by atoms with Gasteiger partial charge in [0.2, 0.25) is 0 Å². The fourth-order valence-corrected chi connectivity index (χ4v) is 5.22. The molecule has 0 aromatic heterocycles. The number of hydrogen-bond acceptors (Lipinski definition) is 1. The first kappa shape index (κ1) is 30.8. The van der Waals surface area contributed by atoms with Crippen molar-refractivity contribution in [3.8, 4) is 33.4 Å². The maximum absolute atomic E-state index is 4.94. The molecule has 0 aliphatic heterocycles. The summed E-state index contributed by atoms with van der Waals surface area (Å²) in [6.45, 7) is 14.2. The highest BCUT2D eigenvalue weighted by Gasteiger charge is 2.10. The average Bonchev–Trinajstić information content (AvgIpc) is 3.09. The fourth-order valence-electron chi connectivity index (χ4n) is 5.22. The molecule has 0 unspecified atom stereocenters. The Hall–Kier alpha value is -5.60. The third-order valence-corrected chi connectivity index (χ3v) is 7.61. The smallest absolute Gasteiger partial charge is 0.126 e. The second-order valence-corrected chi connectivity index (χ2v) is 11.0. The summed E-state index contributed by atoms with van der Waals surface area (Å²) in [6, 6.07) is 44.4. The topological polar surface area (TPSA) is 24.7 Å². The van der Waals surface area contributed by atoms with Crippen molar-refractivity contribution in [3.63, 3.8) is 0 Å². The zero-order chi connectivity index (χ0) is 31.6. The van der Waals surface area contributed by atoms with Gasteiger partial charge in [0.05, 0.1) is 5.70 Å². The molecule has 5 rings (SSSR count). The molecule has 0 aliphatic carbocycles. The van der Waals surface area contributed by atoms with Crippen LogP contribution in [-0.4, -0.2) is 11.5 Å². The molecule has 5 aromatic rings. The van der Waals surface area contributed by atoms with Crippen LogP contribution in [0.25, 0.3) is 44.7 Å². The van der Waals surface area contributed by atoms with Crippen LogP contribution in [0, 0.1) is 0 Å². The number of rotatable bonds is 9. The van der Waals surface area contributed by atoms with Crippen LogP contribution >= 0.6 is 0 Å². The van der Waals surface area contributed by atoms with Gasteiger partial charge in [0.25, 0.3) is 0 Å². The molecule has 0 saturated heterocycles. The summed E-state index contributed by atoms with van der Waals surface area (Å²) in [4.78, 5) is 9.82. The second kappa shape index (κ2) is 14.7. The van der Waals surface area contributed by atoms with Crippen LogP contribution in [0.3, 0.4) is 0 Å². The lowest BCUT2D eigenvalue weighted by atomic mass is 9.95. The molecule has 0 amide bonds. The van der Waals surface area contributed by atoms with Gasteiger partial charge in [-0.3, -0.25) is 0 Å². The van der Waals surface area contributed by atoms with E-state index < -0.39 is 0 Å². The van der Waals surface area contributed by atoms with Gasteiger partial charge >= 0.3 is 0 Å². The number of hydrogen-bond donors (Lipinski definition) is 0. The number of benzene rings is 5. The first-order valence-corrected chi connectivity index (χ1v) is 15.1. The predicted molar refractivity (Wildman–Crippen MR) is 197 cm³/mol. The Balaban J connectivity index is 1.51. The molecule has 0 radical (unpaired) electrons. The SMILES string of the molecule is C=C/C=C\C=C(/C)c1cc(/C(C)=N/C(C)=N\C(=C)c2cc(-c3ccccc3)cc(-c3ccccc3)c2)cc(-c2ccccc2)c1. The minimum absolute atomic E-state index is 0.650. The molecule has 0 saturated carbocycles. The lowest BCUT2D eigenvalue weighted by molar-refractivity contribution is 1.43. The molecule has 0 fully saturated rings. The summed E-state index contributed by atoms with van der Waals surface area (Å²) in [6.07, 6.45) is 7.83. The Morgan fingerprint density at radius 2 is 0.978 bits per heavy atom. The summed E-state index contributed by atoms with van der Waals surface area (Å²) in [5.74, 6) is 0.650. The van der Waals surface area contributed by atoms with Crippen molar-refractivity contribution >= 4 is 22.8 Å². The third kappa shape index (κ3) is 8.07. The Labute approximate surface area is 267 Å². The molecule has 220 valence electrons. The molecule has 0 bridgehead atoms. The Bertz CT molecular complexity index is 1870. The summed E-state index contributed by atoms with van der Waals surface area (Å²) in [5, 5.41) is 0. The van der Waals surface area contributed by atoms with Crippen molar-refractivity contribution in [2.75, 3.05) is 0 Å². The summed E-state index contributed by atoms with van der Waals surface area (Å²) < 4.78 is 0. The lowest BCUT2D eigenvalue weighted by Gasteiger charge is -2.12. The van der Waals surface area contributed by atoms with Crippen LogP contribution in [0.4, 0.5) is 0 Å². The maximum atomic E-state index is 4.94. The van der Waals surface area contributed by atoms with E-state index in [0.29, 0.717) is 11.5 Å². The van der Waals surface area contributed by atoms with E-state index in [1.807, 2.05) is 44.2 Å². The van der Waals surface area contributed by atoms with Crippen LogP contribution in [0.15, 0.2) is 175 Å². The van der Waals surface area contributed by atoms with Gasteiger partial charge in [-0.15, -0.1) is 0 Å². The first-order valence-electron chi connectivity index (χ1n) is 15.1. The summed E-state index contributed by atoms with van der Waals surface area (Å²) in [7, 11) is 0. The molecule has 2 heteroatoms. The van der Waals surface area contributed by atoms with Crippen molar-refractivity contribution in [2.45, 2.75) is 20.8 Å². The van der Waals surface area contributed by atoms with Crippen LogP contribution < -0.4 is 0 Å². The molecular weight excluding hydrogens is 544 g/mol. The van der Waals surface area contributed by atoms with E-state index in [1.54, 1.807) is 6.08 Å². The van der Waals surface area contributed by atoms with Crippen LogP contribution in [0.2, 0.25) is 0 Å². The van der Waals surface area contributed by atoms with Gasteiger partial charge in [0.15, 0.2) is 0 Å². The van der Waals surface area contributed by atoms with Gasteiger partial charge < -0.3 is 0 Å². The first-order chi connectivity index (χ1) is 21.9. The highest BCUT2D eigenvalue weighted by molar-refractivity contribution is 6.07. The maximum Gasteiger partial charge on any atom is 0.126 e. The standard InChI is InChI=1S/C43H38N2/c1-6-7-11-18-31(2)38-25-39(27-41(26-38)35-19-12-8-13-20-35)32(3)44-34(5)45-33(4)40-28-42(36-21-14-9-15-22-36)30-43(29-40)37-23-16-10-17-24-37/h6-30H,1,4H2,2-3,5H3/b11-7-,31-18+,44-32+,45-34-. The fraction of sp³-hybridized carbons (Fsp3) is 0.0698. The Kier molecular flexibility index (Phi) is 10.1. The molecule has 45 heavy (non-hydrogen) atoms. The zero-order valence-electron chi connectivity index (χ0n) is 26.2. The van der Waals surface area contributed by atoms with Crippen molar-refractivity contribution in [1.29, 1.82) is 0 Å². The third-order valence-electron chi connectivity index (χ3n) is 7.61. The van der Waals surface area contributed by atoms with Crippen molar-refractivity contribution in [1.82, 2.24) is 0 Å². The molecule has 0 N–H and O–H groups in total. The van der Waals surface area contributed by atoms with E-state index in [1.165, 1.54) is 0 Å². The zero-order valence-corrected chi connectivity index (χ0v) is 26.2. The van der Waals surface area contributed by atoms with E-state index in [0.717, 1.165) is 61.4 Å². The normalized spacial score (nSPS) is 12.4. The average molecular weight is 583 g/mol. The van der Waals surface area contributed by atoms with Gasteiger partial charge in [-0.2, -0.15) is 0 Å². The predicted octanol–water partition coefficient (Wildman–Crippen LogP) is 11.7. The molecule has 5 aromatic carbocycles. The summed E-state index contributed by atoms with van der Waals surface area (Å²) in [5.41, 5.74) is 12.7. The van der Waals surface area contributed by atoms with Crippen LogP contribution in [0.5, 0.6) is 0 Å². The molecule has 0 atom stereocenters. The van der Waals surface area contributed by atoms with Gasteiger partial charge in [0.1, 0.15) is 5.84 Å². The molecule has 0 aliphatic rings. The van der Waals surface area contributed by atoms with Gasteiger partial charge in [-0.05, 0) is 107 Å². The highest BCUT2D eigenvalue weighted by Crippen LogP contribution is 2.31. The molecule has 0 heterocycles. The van der Waals surface area contributed by atoms with E-state index in [2.05, 4.69) is 135 Å². The van der Waals surface area contributed by atoms with E-state index in [4.69, 9.17) is 9.98 Å². The minimum Gasteiger partial charge on any atom is -0.238 e. The van der Waals surface area contributed by atoms with Gasteiger partial charge in [0, 0.05) is 11.3 Å². The van der Waals surface area contributed by atoms with Crippen LogP contribution in [-0.2, 0) is 0 Å². The number of nitrogens with zero attached hydrogens (tertiary/aromatic N) is 2. The largest absolute Gasteiger partial charge is 0.238 e. The Morgan fingerprint density at radius 1 is 0.511 bits per heavy atom. The monoisotopic (exact) mass is 582 g/mol. The van der Waals surface area contributed by atoms with E-state index >= 15 is 0 Å². The minimum atomic E-state index is 0.650. The van der Waals surface area contributed by atoms with Gasteiger partial charge in [-0.25, -0.2) is 9.98 Å². The molecule has 2 nitrogen and oxygen atoms in total. The van der Waals surface area contributed by atoms with Gasteiger partial charge in [-0.1, -0.05) is 128 Å². The van der Waals surface area contributed by atoms with E-state index in [-0.39, 0.29) is 0 Å². The highest BCUT2D eigenvalue weighted by atomic mass is 14.9. The van der Waals surface area contributed by atoms with Crippen LogP contribution in [0.1, 0.15) is 37.5 Å². The number of allylic oxidation sites excluding steroid dienone is 5. The molecule has 0 spiro atoms. The van der Waals surface area contributed by atoms with E-state index in [9.17, 15) is 0 Å². The van der Waals surface area contributed by atoms with Crippen molar-refractivity contribution in [2.24, 2.45) is 9.98 Å². The quantitative estimate of drug-likeness (QED) is 0.0938. The summed E-state index contributed by atoms with van der Waals surface area (Å²) >= 11 is 0. The Morgan fingerprint density at radius 3 is 1.49 bits per heavy atom. The number of amidine groups is 1. The van der Waals surface area contributed by atoms with Crippen molar-refractivity contribution in [3.05, 3.63) is 182 Å². The molecular formula is C43H38N2. The van der Waals surface area contributed by atoms with Crippen molar-refractivity contribution < 1.29 is 0 Å².